The molecule has 1 aliphatic rings. The predicted molar refractivity (Wildman–Crippen MR) is 69.7 cm³/mol. The van der Waals surface area contributed by atoms with Crippen molar-refractivity contribution in [2.75, 3.05) is 18.0 Å². The molecule has 1 saturated heterocycles. The number of anilines is 1. The van der Waals surface area contributed by atoms with Crippen LogP contribution in [0.3, 0.4) is 0 Å². The van der Waals surface area contributed by atoms with Gasteiger partial charge in [-0.25, -0.2) is 8.78 Å². The van der Waals surface area contributed by atoms with Gasteiger partial charge in [0.1, 0.15) is 17.3 Å². The van der Waals surface area contributed by atoms with E-state index in [-0.39, 0.29) is 11.7 Å². The van der Waals surface area contributed by atoms with Crippen molar-refractivity contribution in [1.29, 1.82) is 0 Å². The minimum Gasteiger partial charge on any atom is -0.367 e. The zero-order valence-corrected chi connectivity index (χ0v) is 10.9. The van der Waals surface area contributed by atoms with Gasteiger partial charge in [0.2, 0.25) is 0 Å². The SMILES string of the molecule is CC(N)Cc1cc(F)c(N2CCC(C)C2)c(F)c1. The third kappa shape index (κ3) is 2.80. The summed E-state index contributed by atoms with van der Waals surface area (Å²) in [5, 5.41) is 0. The van der Waals surface area contributed by atoms with Crippen LogP contribution in [-0.2, 0) is 6.42 Å². The molecule has 100 valence electrons. The summed E-state index contributed by atoms with van der Waals surface area (Å²) in [6, 6.07) is 2.72. The van der Waals surface area contributed by atoms with Gasteiger partial charge in [-0.05, 0) is 43.4 Å². The molecule has 2 N–H and O–H groups in total. The van der Waals surface area contributed by atoms with E-state index in [0.717, 1.165) is 19.5 Å². The van der Waals surface area contributed by atoms with Gasteiger partial charge in [0.05, 0.1) is 0 Å². The van der Waals surface area contributed by atoms with Crippen LogP contribution >= 0.6 is 0 Å². The Kier molecular flexibility index (Phi) is 3.85. The number of benzene rings is 1. The van der Waals surface area contributed by atoms with Crippen molar-refractivity contribution in [2.45, 2.75) is 32.7 Å². The lowest BCUT2D eigenvalue weighted by Crippen LogP contribution is -2.22. The van der Waals surface area contributed by atoms with Crippen LogP contribution in [0.4, 0.5) is 14.5 Å². The monoisotopic (exact) mass is 254 g/mol. The Labute approximate surface area is 107 Å². The average molecular weight is 254 g/mol. The van der Waals surface area contributed by atoms with Crippen LogP contribution in [-0.4, -0.2) is 19.1 Å². The lowest BCUT2D eigenvalue weighted by Gasteiger charge is -2.20. The van der Waals surface area contributed by atoms with Crippen LogP contribution in [0.5, 0.6) is 0 Å². The zero-order valence-electron chi connectivity index (χ0n) is 10.9. The quantitative estimate of drug-likeness (QED) is 0.898. The first-order valence-electron chi connectivity index (χ1n) is 6.46. The molecule has 2 nitrogen and oxygen atoms in total. The van der Waals surface area contributed by atoms with E-state index in [1.807, 2.05) is 6.92 Å². The molecule has 1 fully saturated rings. The van der Waals surface area contributed by atoms with Gasteiger partial charge in [-0.1, -0.05) is 6.92 Å². The van der Waals surface area contributed by atoms with Crippen LogP contribution in [0.15, 0.2) is 12.1 Å². The largest absolute Gasteiger partial charge is 0.367 e. The van der Waals surface area contributed by atoms with Crippen LogP contribution in [0.1, 0.15) is 25.8 Å². The highest BCUT2D eigenvalue weighted by Crippen LogP contribution is 2.30. The van der Waals surface area contributed by atoms with Gasteiger partial charge in [-0.2, -0.15) is 0 Å². The molecule has 0 bridgehead atoms. The van der Waals surface area contributed by atoms with E-state index >= 15 is 0 Å². The molecule has 2 rings (SSSR count). The van der Waals surface area contributed by atoms with Crippen molar-refractivity contribution in [2.24, 2.45) is 11.7 Å². The Balaban J connectivity index is 2.26. The van der Waals surface area contributed by atoms with Crippen LogP contribution in [0, 0.1) is 17.6 Å². The van der Waals surface area contributed by atoms with E-state index in [4.69, 9.17) is 5.73 Å². The summed E-state index contributed by atoms with van der Waals surface area (Å²) < 4.78 is 28.0. The van der Waals surface area contributed by atoms with Crippen molar-refractivity contribution in [1.82, 2.24) is 0 Å². The summed E-state index contributed by atoms with van der Waals surface area (Å²) >= 11 is 0. The van der Waals surface area contributed by atoms with Crippen molar-refractivity contribution in [3.63, 3.8) is 0 Å². The molecule has 1 aliphatic heterocycles. The van der Waals surface area contributed by atoms with Crippen LogP contribution in [0.2, 0.25) is 0 Å². The normalized spacial score (nSPS) is 21.4. The standard InChI is InChI=1S/C14H20F2N2/c1-9-3-4-18(8-9)14-12(15)6-11(5-10(2)17)7-13(14)16/h6-7,9-10H,3-5,8,17H2,1-2H3. The molecular formula is C14H20F2N2. The summed E-state index contributed by atoms with van der Waals surface area (Å²) in [6.45, 7) is 5.37. The topological polar surface area (TPSA) is 29.3 Å². The van der Waals surface area contributed by atoms with E-state index in [1.54, 1.807) is 4.90 Å². The summed E-state index contributed by atoms with van der Waals surface area (Å²) in [5.41, 5.74) is 6.39. The van der Waals surface area contributed by atoms with Gasteiger partial charge < -0.3 is 10.6 Å². The molecule has 0 radical (unpaired) electrons. The smallest absolute Gasteiger partial charge is 0.149 e. The Hall–Kier alpha value is -1.16. The molecule has 2 atom stereocenters. The lowest BCUT2D eigenvalue weighted by molar-refractivity contribution is 0.570. The number of halogens is 2. The Morgan fingerprint density at radius 3 is 2.44 bits per heavy atom. The maximum atomic E-state index is 14.0. The molecular weight excluding hydrogens is 234 g/mol. The molecule has 1 heterocycles. The molecule has 1 aromatic carbocycles. The molecule has 18 heavy (non-hydrogen) atoms. The number of nitrogens with two attached hydrogens (primary N) is 1. The summed E-state index contributed by atoms with van der Waals surface area (Å²) in [6.07, 6.45) is 1.48. The molecule has 1 aromatic rings. The van der Waals surface area contributed by atoms with E-state index in [2.05, 4.69) is 6.92 Å². The highest BCUT2D eigenvalue weighted by Gasteiger charge is 2.24. The molecule has 0 spiro atoms. The minimum atomic E-state index is -0.472. The van der Waals surface area contributed by atoms with Crippen molar-refractivity contribution in [3.8, 4) is 0 Å². The third-order valence-electron chi connectivity index (χ3n) is 3.37. The second kappa shape index (κ2) is 5.22. The van der Waals surface area contributed by atoms with E-state index in [1.165, 1.54) is 12.1 Å². The third-order valence-corrected chi connectivity index (χ3v) is 3.37. The number of rotatable bonds is 3. The van der Waals surface area contributed by atoms with Crippen LogP contribution < -0.4 is 10.6 Å². The summed E-state index contributed by atoms with van der Waals surface area (Å²) in [7, 11) is 0. The molecule has 0 saturated carbocycles. The van der Waals surface area contributed by atoms with Crippen LogP contribution in [0.25, 0.3) is 0 Å². The highest BCUT2D eigenvalue weighted by molar-refractivity contribution is 5.51. The van der Waals surface area contributed by atoms with Crippen molar-refractivity contribution < 1.29 is 8.78 Å². The zero-order chi connectivity index (χ0) is 13.3. The molecule has 0 amide bonds. The maximum Gasteiger partial charge on any atom is 0.149 e. The van der Waals surface area contributed by atoms with Gasteiger partial charge in [-0.15, -0.1) is 0 Å². The lowest BCUT2D eigenvalue weighted by atomic mass is 10.1. The van der Waals surface area contributed by atoms with Gasteiger partial charge in [-0.3, -0.25) is 0 Å². The van der Waals surface area contributed by atoms with Crippen molar-refractivity contribution in [3.05, 3.63) is 29.3 Å². The van der Waals surface area contributed by atoms with E-state index in [9.17, 15) is 8.78 Å². The maximum absolute atomic E-state index is 14.0. The van der Waals surface area contributed by atoms with Gasteiger partial charge in [0.25, 0.3) is 0 Å². The fourth-order valence-electron chi connectivity index (χ4n) is 2.55. The van der Waals surface area contributed by atoms with E-state index in [0.29, 0.717) is 17.9 Å². The van der Waals surface area contributed by atoms with E-state index < -0.39 is 11.6 Å². The van der Waals surface area contributed by atoms with Gasteiger partial charge >= 0.3 is 0 Å². The predicted octanol–water partition coefficient (Wildman–Crippen LogP) is 2.70. The summed E-state index contributed by atoms with van der Waals surface area (Å²) in [4.78, 5) is 1.80. The first-order valence-corrected chi connectivity index (χ1v) is 6.46. The van der Waals surface area contributed by atoms with Gasteiger partial charge in [0, 0.05) is 19.1 Å². The Bertz CT molecular complexity index is 409. The first-order chi connectivity index (χ1) is 8.47. The minimum absolute atomic E-state index is 0.0959. The second-order valence-corrected chi connectivity index (χ2v) is 5.43. The second-order valence-electron chi connectivity index (χ2n) is 5.43. The highest BCUT2D eigenvalue weighted by atomic mass is 19.1. The number of hydrogen-bond donors (Lipinski definition) is 1. The Morgan fingerprint density at radius 1 is 1.39 bits per heavy atom. The number of hydrogen-bond acceptors (Lipinski definition) is 2. The molecule has 0 aliphatic carbocycles. The van der Waals surface area contributed by atoms with Gasteiger partial charge in [0.15, 0.2) is 0 Å². The summed E-state index contributed by atoms with van der Waals surface area (Å²) in [5.74, 6) is -0.452. The average Bonchev–Trinajstić information content (AvgIpc) is 2.62. The first kappa shape index (κ1) is 13.3. The molecule has 0 aromatic heterocycles. The number of nitrogens with zero attached hydrogens (tertiary/aromatic N) is 1. The molecule has 2 unspecified atom stereocenters. The fraction of sp³-hybridized carbons (Fsp3) is 0.571. The Morgan fingerprint density at radius 2 is 2.00 bits per heavy atom. The van der Waals surface area contributed by atoms with Crippen molar-refractivity contribution >= 4 is 5.69 Å². The fourth-order valence-corrected chi connectivity index (χ4v) is 2.55. The molecule has 4 heteroatoms.